The molecule has 0 spiro atoms. The number of alkyl halides is 6. The second-order valence-electron chi connectivity index (χ2n) is 7.18. The minimum Gasteiger partial charge on any atom is -0.382 e. The van der Waals surface area contributed by atoms with Crippen molar-refractivity contribution in [3.05, 3.63) is 71.3 Å². The van der Waals surface area contributed by atoms with Gasteiger partial charge in [-0.25, -0.2) is 9.97 Å². The van der Waals surface area contributed by atoms with Crippen LogP contribution in [0.3, 0.4) is 0 Å². The number of rotatable bonds is 4. The van der Waals surface area contributed by atoms with E-state index in [-0.39, 0.29) is 27.9 Å². The molecule has 0 aliphatic rings. The lowest BCUT2D eigenvalue weighted by Gasteiger charge is -2.16. The summed E-state index contributed by atoms with van der Waals surface area (Å²) in [4.78, 5) is 28.8. The van der Waals surface area contributed by atoms with Crippen molar-refractivity contribution in [3.8, 4) is 22.5 Å². The zero-order chi connectivity index (χ0) is 24.7. The molecule has 1 N–H and O–H groups in total. The van der Waals surface area contributed by atoms with E-state index < -0.39 is 36.3 Å². The summed E-state index contributed by atoms with van der Waals surface area (Å²) < 4.78 is 77.5. The van der Waals surface area contributed by atoms with E-state index in [9.17, 15) is 36.2 Å². The highest BCUT2D eigenvalue weighted by Crippen LogP contribution is 2.31. The average molecular weight is 481 g/mol. The van der Waals surface area contributed by atoms with Gasteiger partial charge in [0.25, 0.3) is 5.56 Å². The number of aromatic nitrogens is 5. The fourth-order valence-electron chi connectivity index (χ4n) is 3.15. The Morgan fingerprint density at radius 3 is 2.35 bits per heavy atom. The van der Waals surface area contributed by atoms with Gasteiger partial charge in [-0.2, -0.15) is 26.3 Å². The fourth-order valence-corrected chi connectivity index (χ4v) is 3.15. The van der Waals surface area contributed by atoms with Crippen LogP contribution in [0.5, 0.6) is 0 Å². The van der Waals surface area contributed by atoms with E-state index in [0.717, 1.165) is 24.7 Å². The van der Waals surface area contributed by atoms with Gasteiger partial charge in [0.15, 0.2) is 6.10 Å². The Kier molecular flexibility index (Phi) is 5.81. The van der Waals surface area contributed by atoms with Crippen molar-refractivity contribution >= 4 is 10.9 Å². The second-order valence-corrected chi connectivity index (χ2v) is 7.18. The van der Waals surface area contributed by atoms with Crippen molar-refractivity contribution in [2.75, 3.05) is 0 Å². The number of pyridine rings is 3. The van der Waals surface area contributed by atoms with Crippen molar-refractivity contribution < 1.29 is 31.4 Å². The highest BCUT2D eigenvalue weighted by Gasteiger charge is 2.38. The molecule has 34 heavy (non-hydrogen) atoms. The molecule has 0 unspecified atom stereocenters. The van der Waals surface area contributed by atoms with Gasteiger partial charge in [0.05, 0.1) is 29.6 Å². The third-order valence-corrected chi connectivity index (χ3v) is 4.84. The monoisotopic (exact) mass is 481 g/mol. The first-order valence-corrected chi connectivity index (χ1v) is 9.54. The predicted molar refractivity (Wildman–Crippen MR) is 107 cm³/mol. The molecule has 0 saturated carbocycles. The fraction of sp³-hybridized carbons (Fsp3) is 0.190. The first-order valence-electron chi connectivity index (χ1n) is 9.54. The molecule has 13 heteroatoms. The summed E-state index contributed by atoms with van der Waals surface area (Å²) in [5.74, 6) is 0. The van der Waals surface area contributed by atoms with Gasteiger partial charge in [0.1, 0.15) is 11.2 Å². The van der Waals surface area contributed by atoms with Crippen LogP contribution in [0.25, 0.3) is 33.4 Å². The molecule has 0 aliphatic carbocycles. The van der Waals surface area contributed by atoms with E-state index in [0.29, 0.717) is 10.1 Å². The Morgan fingerprint density at radius 1 is 1.00 bits per heavy atom. The Hall–Kier alpha value is -3.87. The van der Waals surface area contributed by atoms with Gasteiger partial charge in [-0.05, 0) is 30.3 Å². The molecule has 4 aromatic rings. The zero-order valence-electron chi connectivity index (χ0n) is 16.8. The Balaban J connectivity index is 1.91. The minimum absolute atomic E-state index is 0.0411. The minimum atomic E-state index is -4.95. The third kappa shape index (κ3) is 4.59. The maximum atomic E-state index is 13.0. The van der Waals surface area contributed by atoms with Crippen LogP contribution in [-0.4, -0.2) is 41.9 Å². The average Bonchev–Trinajstić information content (AvgIpc) is 2.80. The number of halogens is 6. The lowest BCUT2D eigenvalue weighted by Crippen LogP contribution is -2.36. The van der Waals surface area contributed by atoms with Crippen molar-refractivity contribution in [2.45, 2.75) is 25.0 Å². The molecule has 4 heterocycles. The van der Waals surface area contributed by atoms with Gasteiger partial charge in [0.2, 0.25) is 0 Å². The van der Waals surface area contributed by atoms with Gasteiger partial charge in [-0.3, -0.25) is 19.3 Å². The van der Waals surface area contributed by atoms with E-state index in [1.165, 1.54) is 18.5 Å². The van der Waals surface area contributed by atoms with Crippen LogP contribution < -0.4 is 5.56 Å². The maximum absolute atomic E-state index is 13.0. The standard InChI is InChI=1S/C21H13F6N5O2/c22-20(23,24)15-4-3-11(8-29-15)14-6-13-18(17(31-14)12-2-1-5-28-7-12)30-10-32(19(13)34)9-16(33)21(25,26)27/h1-8,10,16,33H,9H2/t16-/m0/s1. The number of hydrogen-bond acceptors (Lipinski definition) is 6. The predicted octanol–water partition coefficient (Wildman–Crippen LogP) is 3.86. The molecular formula is C21H13F6N5O2. The van der Waals surface area contributed by atoms with Gasteiger partial charge >= 0.3 is 12.4 Å². The lowest BCUT2D eigenvalue weighted by atomic mass is 10.1. The molecule has 176 valence electrons. The van der Waals surface area contributed by atoms with Gasteiger partial charge < -0.3 is 5.11 Å². The largest absolute Gasteiger partial charge is 0.433 e. The van der Waals surface area contributed by atoms with E-state index in [4.69, 9.17) is 0 Å². The summed E-state index contributed by atoms with van der Waals surface area (Å²) in [7, 11) is 0. The summed E-state index contributed by atoms with van der Waals surface area (Å²) in [6.07, 6.45) is -7.74. The number of aliphatic hydroxyl groups excluding tert-OH is 1. The lowest BCUT2D eigenvalue weighted by molar-refractivity contribution is -0.207. The normalized spacial score (nSPS) is 13.3. The first-order chi connectivity index (χ1) is 15.9. The highest BCUT2D eigenvalue weighted by atomic mass is 19.4. The summed E-state index contributed by atoms with van der Waals surface area (Å²) in [5.41, 5.74) is -1.27. The van der Waals surface area contributed by atoms with Crippen LogP contribution in [0.2, 0.25) is 0 Å². The van der Waals surface area contributed by atoms with Crippen LogP contribution in [0.15, 0.2) is 60.0 Å². The molecule has 0 fully saturated rings. The van der Waals surface area contributed by atoms with Gasteiger partial charge in [0, 0.05) is 29.7 Å². The zero-order valence-corrected chi connectivity index (χ0v) is 16.8. The molecule has 0 saturated heterocycles. The second kappa shape index (κ2) is 8.48. The topological polar surface area (TPSA) is 93.8 Å². The molecule has 4 rings (SSSR count). The molecule has 0 radical (unpaired) electrons. The van der Waals surface area contributed by atoms with Crippen molar-refractivity contribution in [2.24, 2.45) is 0 Å². The van der Waals surface area contributed by atoms with Crippen LogP contribution >= 0.6 is 0 Å². The summed E-state index contributed by atoms with van der Waals surface area (Å²) in [5, 5.41) is 9.21. The molecule has 0 amide bonds. The van der Waals surface area contributed by atoms with Crippen LogP contribution in [0.4, 0.5) is 26.3 Å². The van der Waals surface area contributed by atoms with Gasteiger partial charge in [-0.1, -0.05) is 0 Å². The molecule has 0 aromatic carbocycles. The summed E-state index contributed by atoms with van der Waals surface area (Å²) in [6, 6.07) is 6.23. The van der Waals surface area contributed by atoms with Gasteiger partial charge in [-0.15, -0.1) is 0 Å². The van der Waals surface area contributed by atoms with E-state index in [1.807, 2.05) is 0 Å². The van der Waals surface area contributed by atoms with E-state index >= 15 is 0 Å². The first kappa shape index (κ1) is 23.3. The quantitative estimate of drug-likeness (QED) is 0.445. The Morgan fingerprint density at radius 2 is 1.76 bits per heavy atom. The third-order valence-electron chi connectivity index (χ3n) is 4.84. The molecule has 7 nitrogen and oxygen atoms in total. The van der Waals surface area contributed by atoms with Crippen LogP contribution in [0, 0.1) is 0 Å². The SMILES string of the molecule is O=c1c2cc(-c3ccc(C(F)(F)F)nc3)nc(-c3cccnc3)c2ncn1C[C@H](O)C(F)(F)F. The molecule has 1 atom stereocenters. The number of nitrogens with zero attached hydrogens (tertiary/aromatic N) is 5. The number of aliphatic hydroxyl groups is 1. The summed E-state index contributed by atoms with van der Waals surface area (Å²) >= 11 is 0. The number of fused-ring (bicyclic) bond motifs is 1. The van der Waals surface area contributed by atoms with Crippen molar-refractivity contribution in [1.29, 1.82) is 0 Å². The number of hydrogen-bond donors (Lipinski definition) is 1. The van der Waals surface area contributed by atoms with Crippen molar-refractivity contribution in [1.82, 2.24) is 24.5 Å². The van der Waals surface area contributed by atoms with Crippen LogP contribution in [0.1, 0.15) is 5.69 Å². The van der Waals surface area contributed by atoms with Crippen LogP contribution in [-0.2, 0) is 12.7 Å². The summed E-state index contributed by atoms with van der Waals surface area (Å²) in [6.45, 7) is -1.09. The molecule has 0 bridgehead atoms. The maximum Gasteiger partial charge on any atom is 0.433 e. The Labute approximate surface area is 186 Å². The Bertz CT molecular complexity index is 1390. The van der Waals surface area contributed by atoms with E-state index in [2.05, 4.69) is 19.9 Å². The molecule has 0 aliphatic heterocycles. The van der Waals surface area contributed by atoms with E-state index in [1.54, 1.807) is 12.1 Å². The molecular weight excluding hydrogens is 468 g/mol. The highest BCUT2D eigenvalue weighted by molar-refractivity contribution is 5.93. The van der Waals surface area contributed by atoms with Crippen molar-refractivity contribution in [3.63, 3.8) is 0 Å². The molecule has 4 aromatic heterocycles. The smallest absolute Gasteiger partial charge is 0.382 e.